The van der Waals surface area contributed by atoms with E-state index in [0.29, 0.717) is 17.5 Å². The predicted octanol–water partition coefficient (Wildman–Crippen LogP) is 2.18. The Kier molecular flexibility index (Phi) is 5.20. The number of aryl methyl sites for hydroxylation is 1. The Morgan fingerprint density at radius 2 is 1.85 bits per heavy atom. The third-order valence-electron chi connectivity index (χ3n) is 4.42. The van der Waals surface area contributed by atoms with E-state index in [1.54, 1.807) is 36.4 Å². The molecule has 0 aromatic heterocycles. The molecule has 2 aromatic rings. The number of hydrogen-bond acceptors (Lipinski definition) is 4. The molecule has 0 saturated heterocycles. The van der Waals surface area contributed by atoms with Crippen molar-refractivity contribution in [1.82, 2.24) is 4.72 Å². The van der Waals surface area contributed by atoms with E-state index < -0.39 is 22.0 Å². The number of benzene rings is 2. The number of carboxylic acids is 1. The number of hydrogen-bond donors (Lipinski definition) is 2. The normalized spacial score (nSPS) is 15.3. The molecule has 26 heavy (non-hydrogen) atoms. The van der Waals surface area contributed by atoms with Gasteiger partial charge in [-0.25, -0.2) is 8.42 Å². The minimum absolute atomic E-state index is 0.0271. The van der Waals surface area contributed by atoms with Crippen molar-refractivity contribution in [3.8, 4) is 0 Å². The molecular formula is C19H19NO5S. The second-order valence-electron chi connectivity index (χ2n) is 6.30. The van der Waals surface area contributed by atoms with E-state index in [4.69, 9.17) is 0 Å². The highest BCUT2D eigenvalue weighted by Gasteiger charge is 2.27. The van der Waals surface area contributed by atoms with Crippen LogP contribution < -0.4 is 4.72 Å². The quantitative estimate of drug-likeness (QED) is 0.808. The molecular weight excluding hydrogens is 354 g/mol. The van der Waals surface area contributed by atoms with Crippen molar-refractivity contribution < 1.29 is 23.1 Å². The number of carbonyl (C=O) groups is 2. The number of Topliss-reactive ketones (excluding diaryl/α,β-unsaturated/α-hetero) is 1. The van der Waals surface area contributed by atoms with Crippen LogP contribution in [0.2, 0.25) is 0 Å². The van der Waals surface area contributed by atoms with Crippen molar-refractivity contribution in [1.29, 1.82) is 0 Å². The lowest BCUT2D eigenvalue weighted by Crippen LogP contribution is -2.42. The maximum absolute atomic E-state index is 12.6. The summed E-state index contributed by atoms with van der Waals surface area (Å²) < 4.78 is 27.5. The van der Waals surface area contributed by atoms with Gasteiger partial charge in [0, 0.05) is 12.0 Å². The van der Waals surface area contributed by atoms with Crippen molar-refractivity contribution in [2.24, 2.45) is 0 Å². The molecule has 1 aliphatic carbocycles. The van der Waals surface area contributed by atoms with Gasteiger partial charge in [-0.15, -0.1) is 0 Å². The minimum atomic E-state index is -4.06. The number of sulfonamides is 1. The average molecular weight is 373 g/mol. The number of rotatable bonds is 6. The second kappa shape index (κ2) is 7.39. The minimum Gasteiger partial charge on any atom is -0.480 e. The lowest BCUT2D eigenvalue weighted by Gasteiger charge is -2.18. The molecule has 0 aliphatic heterocycles. The van der Waals surface area contributed by atoms with Gasteiger partial charge in [0.15, 0.2) is 5.78 Å². The highest BCUT2D eigenvalue weighted by atomic mass is 32.2. The number of carboxylic acid groups (broad SMARTS) is 1. The van der Waals surface area contributed by atoms with Crippen molar-refractivity contribution in [3.63, 3.8) is 0 Å². The summed E-state index contributed by atoms with van der Waals surface area (Å²) in [4.78, 5) is 23.5. The van der Waals surface area contributed by atoms with E-state index >= 15 is 0 Å². The van der Waals surface area contributed by atoms with Crippen LogP contribution in [0.25, 0.3) is 0 Å². The van der Waals surface area contributed by atoms with Gasteiger partial charge < -0.3 is 5.11 Å². The van der Waals surface area contributed by atoms with Gasteiger partial charge in [-0.05, 0) is 42.5 Å². The zero-order chi connectivity index (χ0) is 18.7. The number of ketones is 1. The number of nitrogens with one attached hydrogen (secondary N) is 1. The summed E-state index contributed by atoms with van der Waals surface area (Å²) in [5, 5.41) is 9.40. The maximum Gasteiger partial charge on any atom is 0.322 e. The third kappa shape index (κ3) is 4.00. The molecule has 1 aliphatic rings. The Labute approximate surface area is 151 Å². The van der Waals surface area contributed by atoms with Crippen molar-refractivity contribution in [2.45, 2.75) is 36.6 Å². The first-order valence-corrected chi connectivity index (χ1v) is 9.80. The summed E-state index contributed by atoms with van der Waals surface area (Å²) in [6.45, 7) is 0. The molecule has 0 radical (unpaired) electrons. The summed E-state index contributed by atoms with van der Waals surface area (Å²) in [7, 11) is -4.06. The van der Waals surface area contributed by atoms with Crippen LogP contribution >= 0.6 is 0 Å². The van der Waals surface area contributed by atoms with Gasteiger partial charge in [0.05, 0.1) is 4.90 Å². The molecule has 0 fully saturated rings. The Morgan fingerprint density at radius 3 is 2.54 bits per heavy atom. The average Bonchev–Trinajstić information content (AvgIpc) is 2.62. The van der Waals surface area contributed by atoms with Crippen LogP contribution in [0.4, 0.5) is 0 Å². The monoisotopic (exact) mass is 373 g/mol. The standard InChI is InChI=1S/C19H19NO5S/c21-18-8-4-7-14-9-10-15(12-16(14)18)26(24,25)20-17(19(22)23)11-13-5-2-1-3-6-13/h1-3,5-6,9-10,12,17,20H,4,7-8,11H2,(H,22,23)/t17-/m0/s1. The Hall–Kier alpha value is -2.51. The van der Waals surface area contributed by atoms with E-state index in [-0.39, 0.29) is 17.1 Å². The smallest absolute Gasteiger partial charge is 0.322 e. The van der Waals surface area contributed by atoms with E-state index in [2.05, 4.69) is 4.72 Å². The van der Waals surface area contributed by atoms with Gasteiger partial charge in [-0.1, -0.05) is 36.4 Å². The summed E-state index contributed by atoms with van der Waals surface area (Å²) in [5.41, 5.74) is 1.96. The topological polar surface area (TPSA) is 101 Å². The molecule has 3 rings (SSSR count). The first kappa shape index (κ1) is 18.3. The van der Waals surface area contributed by atoms with Gasteiger partial charge in [-0.3, -0.25) is 9.59 Å². The summed E-state index contributed by atoms with van der Waals surface area (Å²) >= 11 is 0. The zero-order valence-electron chi connectivity index (χ0n) is 14.0. The molecule has 0 saturated carbocycles. The van der Waals surface area contributed by atoms with Crippen LogP contribution in [-0.4, -0.2) is 31.3 Å². The largest absolute Gasteiger partial charge is 0.480 e. The van der Waals surface area contributed by atoms with Crippen LogP contribution in [-0.2, 0) is 27.7 Å². The number of fused-ring (bicyclic) bond motifs is 1. The van der Waals surface area contributed by atoms with Crippen LogP contribution in [0.1, 0.15) is 34.3 Å². The molecule has 2 N–H and O–H groups in total. The highest BCUT2D eigenvalue weighted by molar-refractivity contribution is 7.89. The molecule has 1 atom stereocenters. The fourth-order valence-corrected chi connectivity index (χ4v) is 4.27. The zero-order valence-corrected chi connectivity index (χ0v) is 14.8. The molecule has 2 aromatic carbocycles. The fourth-order valence-electron chi connectivity index (χ4n) is 3.06. The van der Waals surface area contributed by atoms with Crippen molar-refractivity contribution in [2.75, 3.05) is 0 Å². The first-order chi connectivity index (χ1) is 12.4. The van der Waals surface area contributed by atoms with Crippen LogP contribution in [0.5, 0.6) is 0 Å². The second-order valence-corrected chi connectivity index (χ2v) is 8.01. The molecule has 6 nitrogen and oxygen atoms in total. The molecule has 0 unspecified atom stereocenters. The third-order valence-corrected chi connectivity index (χ3v) is 5.89. The molecule has 136 valence electrons. The van der Waals surface area contributed by atoms with Crippen LogP contribution in [0.3, 0.4) is 0 Å². The highest BCUT2D eigenvalue weighted by Crippen LogP contribution is 2.24. The SMILES string of the molecule is O=C1CCCc2ccc(S(=O)(=O)N[C@@H](Cc3ccccc3)C(=O)O)cc21. The van der Waals surface area contributed by atoms with Gasteiger partial charge in [0.1, 0.15) is 6.04 Å². The molecule has 0 heterocycles. The van der Waals surface area contributed by atoms with Crippen molar-refractivity contribution >= 4 is 21.8 Å². The van der Waals surface area contributed by atoms with E-state index in [0.717, 1.165) is 18.4 Å². The van der Waals surface area contributed by atoms with E-state index in [1.807, 2.05) is 0 Å². The fraction of sp³-hybridized carbons (Fsp3) is 0.263. The lowest BCUT2D eigenvalue weighted by atomic mass is 9.91. The predicted molar refractivity (Wildman–Crippen MR) is 95.6 cm³/mol. The lowest BCUT2D eigenvalue weighted by molar-refractivity contribution is -0.138. The Balaban J connectivity index is 1.86. The summed E-state index contributed by atoms with van der Waals surface area (Å²) in [5.74, 6) is -1.34. The van der Waals surface area contributed by atoms with Gasteiger partial charge in [-0.2, -0.15) is 4.72 Å². The summed E-state index contributed by atoms with van der Waals surface area (Å²) in [6, 6.07) is 11.9. The molecule has 0 amide bonds. The summed E-state index contributed by atoms with van der Waals surface area (Å²) in [6.07, 6.45) is 1.92. The van der Waals surface area contributed by atoms with Gasteiger partial charge in [0.2, 0.25) is 10.0 Å². The van der Waals surface area contributed by atoms with Crippen molar-refractivity contribution in [3.05, 3.63) is 65.2 Å². The van der Waals surface area contributed by atoms with Crippen LogP contribution in [0, 0.1) is 0 Å². The van der Waals surface area contributed by atoms with Crippen LogP contribution in [0.15, 0.2) is 53.4 Å². The van der Waals surface area contributed by atoms with Gasteiger partial charge in [0.25, 0.3) is 0 Å². The van der Waals surface area contributed by atoms with Gasteiger partial charge >= 0.3 is 5.97 Å². The van der Waals surface area contributed by atoms with E-state index in [1.165, 1.54) is 12.1 Å². The molecule has 7 heteroatoms. The number of carbonyl (C=O) groups excluding carboxylic acids is 1. The maximum atomic E-state index is 12.6. The van der Waals surface area contributed by atoms with E-state index in [9.17, 15) is 23.1 Å². The molecule has 0 spiro atoms. The first-order valence-electron chi connectivity index (χ1n) is 8.32. The Bertz CT molecular complexity index is 938. The molecule has 0 bridgehead atoms. The number of aliphatic carboxylic acids is 1. The Morgan fingerprint density at radius 1 is 1.12 bits per heavy atom.